The number of amides is 1. The van der Waals surface area contributed by atoms with E-state index in [0.29, 0.717) is 11.7 Å². The summed E-state index contributed by atoms with van der Waals surface area (Å²) in [6.45, 7) is 4.75. The number of fused-ring (bicyclic) bond motifs is 1. The van der Waals surface area contributed by atoms with Crippen molar-refractivity contribution in [3.05, 3.63) is 51.6 Å². The summed E-state index contributed by atoms with van der Waals surface area (Å²) < 4.78 is 30.1. The number of hydrogen-bond acceptors (Lipinski definition) is 4. The van der Waals surface area contributed by atoms with Crippen LogP contribution in [0.1, 0.15) is 45.9 Å². The van der Waals surface area contributed by atoms with Crippen LogP contribution in [0.5, 0.6) is 0 Å². The number of nitrogens with zero attached hydrogens (tertiary/aromatic N) is 2. The summed E-state index contributed by atoms with van der Waals surface area (Å²) in [6, 6.07) is 3.03. The average Bonchev–Trinajstić information content (AvgIpc) is 3.17. The summed E-state index contributed by atoms with van der Waals surface area (Å²) in [7, 11) is 0. The van der Waals surface area contributed by atoms with Crippen LogP contribution in [0.15, 0.2) is 24.5 Å². The monoisotopic (exact) mass is 390 g/mol. The van der Waals surface area contributed by atoms with E-state index in [4.69, 9.17) is 0 Å². The third-order valence-electron chi connectivity index (χ3n) is 4.82. The Morgan fingerprint density at radius 3 is 2.93 bits per heavy atom. The third-order valence-corrected chi connectivity index (χ3v) is 6.09. The normalized spacial score (nSPS) is 20.1. The lowest BCUT2D eigenvalue weighted by Crippen LogP contribution is -2.34. The number of pyridine rings is 1. The minimum Gasteiger partial charge on any atom is -0.320 e. The molecular formula is C19H20F2N4OS. The number of aryl methyl sites for hydroxylation is 1. The predicted octanol–water partition coefficient (Wildman–Crippen LogP) is 4.09. The zero-order chi connectivity index (χ0) is 19.1. The molecule has 3 aromatic rings. The van der Waals surface area contributed by atoms with Gasteiger partial charge in [0.1, 0.15) is 10.7 Å². The fraction of sp³-hybridized carbons (Fsp3) is 0.368. The SMILES string of the molecule is Cc1cn2cc(NC(=O)c3sc([C@H]4CCN[C@H](C)C4)cc3F)cc(F)c2n1. The Labute approximate surface area is 159 Å². The second-order valence-electron chi connectivity index (χ2n) is 7.05. The molecule has 1 saturated heterocycles. The highest BCUT2D eigenvalue weighted by Gasteiger charge is 2.25. The number of nitrogens with one attached hydrogen (secondary N) is 2. The van der Waals surface area contributed by atoms with Crippen molar-refractivity contribution in [3.63, 3.8) is 0 Å². The van der Waals surface area contributed by atoms with Gasteiger partial charge >= 0.3 is 0 Å². The van der Waals surface area contributed by atoms with E-state index in [1.807, 2.05) is 0 Å². The lowest BCUT2D eigenvalue weighted by Gasteiger charge is -2.27. The maximum absolute atomic E-state index is 14.4. The van der Waals surface area contributed by atoms with Gasteiger partial charge in [0.15, 0.2) is 11.5 Å². The summed E-state index contributed by atoms with van der Waals surface area (Å²) >= 11 is 1.18. The molecule has 0 unspecified atom stereocenters. The summed E-state index contributed by atoms with van der Waals surface area (Å²) in [5.41, 5.74) is 1.12. The van der Waals surface area contributed by atoms with Crippen molar-refractivity contribution in [2.75, 3.05) is 11.9 Å². The molecule has 1 fully saturated rings. The summed E-state index contributed by atoms with van der Waals surface area (Å²) in [6.07, 6.45) is 5.07. The molecule has 0 spiro atoms. The van der Waals surface area contributed by atoms with Crippen LogP contribution in [0.3, 0.4) is 0 Å². The van der Waals surface area contributed by atoms with Crippen molar-refractivity contribution in [3.8, 4) is 0 Å². The molecule has 0 bridgehead atoms. The molecule has 5 nitrogen and oxygen atoms in total. The molecular weight excluding hydrogens is 370 g/mol. The average molecular weight is 390 g/mol. The van der Waals surface area contributed by atoms with E-state index in [9.17, 15) is 13.6 Å². The van der Waals surface area contributed by atoms with Gasteiger partial charge in [0.05, 0.1) is 11.4 Å². The molecule has 0 radical (unpaired) electrons. The molecule has 8 heteroatoms. The van der Waals surface area contributed by atoms with E-state index >= 15 is 0 Å². The first-order valence-corrected chi connectivity index (χ1v) is 9.71. The van der Waals surface area contributed by atoms with Gasteiger partial charge in [0.2, 0.25) is 0 Å². The van der Waals surface area contributed by atoms with Crippen LogP contribution in [0.25, 0.3) is 5.65 Å². The minimum absolute atomic E-state index is 0.0264. The number of anilines is 1. The second kappa shape index (κ2) is 7.01. The summed E-state index contributed by atoms with van der Waals surface area (Å²) in [4.78, 5) is 17.5. The molecule has 2 N–H and O–H groups in total. The summed E-state index contributed by atoms with van der Waals surface area (Å²) in [5.74, 6) is -1.39. The number of halogens is 2. The van der Waals surface area contributed by atoms with Gasteiger partial charge in [-0.1, -0.05) is 0 Å². The molecule has 27 heavy (non-hydrogen) atoms. The van der Waals surface area contributed by atoms with Gasteiger partial charge in [-0.15, -0.1) is 11.3 Å². The first kappa shape index (κ1) is 18.1. The lowest BCUT2D eigenvalue weighted by atomic mass is 9.92. The second-order valence-corrected chi connectivity index (χ2v) is 8.13. The highest BCUT2D eigenvalue weighted by molar-refractivity contribution is 7.14. The van der Waals surface area contributed by atoms with Crippen LogP contribution in [-0.4, -0.2) is 27.9 Å². The first-order chi connectivity index (χ1) is 12.9. The number of thiophene rings is 1. The zero-order valence-corrected chi connectivity index (χ0v) is 15.9. The van der Waals surface area contributed by atoms with Crippen LogP contribution >= 0.6 is 11.3 Å². The van der Waals surface area contributed by atoms with Crippen LogP contribution < -0.4 is 10.6 Å². The van der Waals surface area contributed by atoms with Crippen molar-refractivity contribution < 1.29 is 13.6 Å². The largest absolute Gasteiger partial charge is 0.320 e. The topological polar surface area (TPSA) is 58.4 Å². The zero-order valence-electron chi connectivity index (χ0n) is 15.1. The van der Waals surface area contributed by atoms with Crippen LogP contribution in [0.2, 0.25) is 0 Å². The third kappa shape index (κ3) is 3.59. The molecule has 142 valence electrons. The molecule has 1 aliphatic heterocycles. The Hall–Kier alpha value is -2.32. The molecule has 3 aromatic heterocycles. The smallest absolute Gasteiger partial charge is 0.268 e. The molecule has 4 heterocycles. The van der Waals surface area contributed by atoms with E-state index < -0.39 is 17.5 Å². The first-order valence-electron chi connectivity index (χ1n) is 8.89. The van der Waals surface area contributed by atoms with E-state index in [-0.39, 0.29) is 22.1 Å². The number of carbonyl (C=O) groups is 1. The number of aromatic nitrogens is 2. The highest BCUT2D eigenvalue weighted by atomic mass is 32.1. The van der Waals surface area contributed by atoms with Gasteiger partial charge in [-0.2, -0.15) is 0 Å². The number of rotatable bonds is 3. The van der Waals surface area contributed by atoms with Crippen LogP contribution in [-0.2, 0) is 0 Å². The summed E-state index contributed by atoms with van der Waals surface area (Å²) in [5, 5.41) is 5.97. The van der Waals surface area contributed by atoms with Gasteiger partial charge in [-0.25, -0.2) is 13.8 Å². The molecule has 0 aromatic carbocycles. The van der Waals surface area contributed by atoms with Crippen molar-refractivity contribution in [1.29, 1.82) is 0 Å². The minimum atomic E-state index is -0.568. The predicted molar refractivity (Wildman–Crippen MR) is 102 cm³/mol. The van der Waals surface area contributed by atoms with Crippen molar-refractivity contribution in [2.24, 2.45) is 0 Å². The van der Waals surface area contributed by atoms with E-state index in [1.54, 1.807) is 19.3 Å². The lowest BCUT2D eigenvalue weighted by molar-refractivity contribution is 0.102. The molecule has 2 atom stereocenters. The Bertz CT molecular complexity index is 1010. The molecule has 1 aliphatic rings. The fourth-order valence-corrected chi connectivity index (χ4v) is 4.65. The number of piperidine rings is 1. The molecule has 4 rings (SSSR count). The van der Waals surface area contributed by atoms with E-state index in [1.165, 1.54) is 27.9 Å². The van der Waals surface area contributed by atoms with Gasteiger partial charge in [-0.3, -0.25) is 4.79 Å². The van der Waals surface area contributed by atoms with Crippen molar-refractivity contribution >= 4 is 28.6 Å². The quantitative estimate of drug-likeness (QED) is 0.708. The molecule has 0 aliphatic carbocycles. The number of carbonyl (C=O) groups excluding carboxylic acids is 1. The number of imidazole rings is 1. The van der Waals surface area contributed by atoms with Gasteiger partial charge in [0, 0.05) is 29.4 Å². The maximum Gasteiger partial charge on any atom is 0.268 e. The van der Waals surface area contributed by atoms with Crippen molar-refractivity contribution in [2.45, 2.75) is 38.6 Å². The van der Waals surface area contributed by atoms with Gasteiger partial charge in [-0.05, 0) is 45.2 Å². The number of hydrogen-bond donors (Lipinski definition) is 2. The maximum atomic E-state index is 14.4. The van der Waals surface area contributed by atoms with Gasteiger partial charge < -0.3 is 15.0 Å². The molecule has 1 amide bonds. The van der Waals surface area contributed by atoms with Crippen LogP contribution in [0.4, 0.5) is 14.5 Å². The molecule has 0 saturated carbocycles. The van der Waals surface area contributed by atoms with Crippen molar-refractivity contribution in [1.82, 2.24) is 14.7 Å². The Morgan fingerprint density at radius 2 is 2.15 bits per heavy atom. The standard InChI is InChI=1S/C19H20F2N4OS/c1-10-5-12(3-4-22-10)16-7-14(20)17(27-16)19(26)24-13-6-15(21)18-23-11(2)8-25(18)9-13/h6-10,12,22H,3-5H2,1-2H3,(H,24,26)/t10-,12+/m1/s1. The van der Waals surface area contributed by atoms with E-state index in [2.05, 4.69) is 22.5 Å². The van der Waals surface area contributed by atoms with Crippen LogP contribution in [0, 0.1) is 18.6 Å². The van der Waals surface area contributed by atoms with Gasteiger partial charge in [0.25, 0.3) is 5.91 Å². The fourth-order valence-electron chi connectivity index (χ4n) is 3.57. The Morgan fingerprint density at radius 1 is 1.33 bits per heavy atom. The Kier molecular flexibility index (Phi) is 4.69. The Balaban J connectivity index is 1.56. The highest BCUT2D eigenvalue weighted by Crippen LogP contribution is 2.34. The van der Waals surface area contributed by atoms with E-state index in [0.717, 1.165) is 24.3 Å².